The van der Waals surface area contributed by atoms with Gasteiger partial charge in [-0.2, -0.15) is 0 Å². The molecule has 6 nitrogen and oxygen atoms in total. The number of rotatable bonds is 6. The van der Waals surface area contributed by atoms with Crippen molar-refractivity contribution < 1.29 is 9.53 Å². The van der Waals surface area contributed by atoms with Crippen LogP contribution in [0.2, 0.25) is 0 Å². The van der Waals surface area contributed by atoms with Crippen LogP contribution in [0.15, 0.2) is 24.3 Å². The molecule has 0 atom stereocenters. The molecule has 0 spiro atoms. The summed E-state index contributed by atoms with van der Waals surface area (Å²) in [5, 5.41) is 12.2. The number of ether oxygens (including phenoxy) is 1. The number of carbonyl (C=O) groups is 1. The van der Waals surface area contributed by atoms with Gasteiger partial charge in [0.1, 0.15) is 5.75 Å². The van der Waals surface area contributed by atoms with Crippen molar-refractivity contribution >= 4 is 17.6 Å². The van der Waals surface area contributed by atoms with Crippen molar-refractivity contribution in [2.75, 3.05) is 19.0 Å². The van der Waals surface area contributed by atoms with Crippen LogP contribution in [0.4, 0.5) is 10.5 Å². The number of nitrogens with two attached hydrogens (primary N) is 1. The lowest BCUT2D eigenvalue weighted by Gasteiger charge is -2.11. The summed E-state index contributed by atoms with van der Waals surface area (Å²) < 4.78 is 5.54. The lowest BCUT2D eigenvalue weighted by Crippen LogP contribution is -2.24. The van der Waals surface area contributed by atoms with E-state index in [1.54, 1.807) is 19.2 Å². The fraction of sp³-hybridized carbons (Fsp3) is 0.333. The van der Waals surface area contributed by atoms with E-state index in [9.17, 15) is 4.79 Å². The quantitative estimate of drug-likeness (QED) is 0.350. The Labute approximate surface area is 106 Å². The van der Waals surface area contributed by atoms with Gasteiger partial charge in [0.05, 0.1) is 18.1 Å². The van der Waals surface area contributed by atoms with Crippen LogP contribution >= 0.6 is 0 Å². The van der Waals surface area contributed by atoms with Gasteiger partial charge in [0.25, 0.3) is 0 Å². The molecule has 0 aliphatic heterocycles. The van der Waals surface area contributed by atoms with E-state index < -0.39 is 0 Å². The van der Waals surface area contributed by atoms with Crippen LogP contribution in [0, 0.1) is 5.41 Å². The number of nitrogens with one attached hydrogen (secondary N) is 3. The van der Waals surface area contributed by atoms with E-state index in [1.165, 1.54) is 0 Å². The normalized spacial score (nSPS) is 9.61. The summed E-state index contributed by atoms with van der Waals surface area (Å²) >= 11 is 0. The third-order valence-electron chi connectivity index (χ3n) is 2.21. The van der Waals surface area contributed by atoms with Crippen molar-refractivity contribution in [3.8, 4) is 5.75 Å². The molecule has 5 N–H and O–H groups in total. The molecule has 0 saturated heterocycles. The Morgan fingerprint density at radius 3 is 2.83 bits per heavy atom. The average Bonchev–Trinajstić information content (AvgIpc) is 2.36. The number of anilines is 1. The molecule has 0 heterocycles. The van der Waals surface area contributed by atoms with Crippen LogP contribution in [-0.4, -0.2) is 25.5 Å². The van der Waals surface area contributed by atoms with Gasteiger partial charge < -0.3 is 21.1 Å². The van der Waals surface area contributed by atoms with Crippen LogP contribution in [0.3, 0.4) is 0 Å². The molecule has 0 unspecified atom stereocenters. The zero-order valence-corrected chi connectivity index (χ0v) is 10.3. The van der Waals surface area contributed by atoms with Gasteiger partial charge >= 0.3 is 6.03 Å². The zero-order chi connectivity index (χ0) is 13.4. The van der Waals surface area contributed by atoms with Crippen LogP contribution < -0.4 is 21.1 Å². The fourth-order valence-corrected chi connectivity index (χ4v) is 1.33. The Morgan fingerprint density at radius 1 is 1.44 bits per heavy atom. The van der Waals surface area contributed by atoms with E-state index in [2.05, 4.69) is 10.6 Å². The van der Waals surface area contributed by atoms with Crippen molar-refractivity contribution in [1.29, 1.82) is 5.41 Å². The maximum absolute atomic E-state index is 11.2. The van der Waals surface area contributed by atoms with Gasteiger partial charge in [0.2, 0.25) is 0 Å². The number of amides is 2. The second-order valence-electron chi connectivity index (χ2n) is 3.68. The van der Waals surface area contributed by atoms with Gasteiger partial charge in [-0.25, -0.2) is 4.79 Å². The van der Waals surface area contributed by atoms with Crippen LogP contribution in [0.5, 0.6) is 5.75 Å². The first-order chi connectivity index (χ1) is 8.63. The number of hydrogen-bond donors (Lipinski definition) is 4. The molecular formula is C12H18N4O2. The predicted molar refractivity (Wildman–Crippen MR) is 71.2 cm³/mol. The third-order valence-corrected chi connectivity index (χ3v) is 2.21. The molecule has 18 heavy (non-hydrogen) atoms. The van der Waals surface area contributed by atoms with E-state index in [0.717, 1.165) is 0 Å². The molecule has 0 radical (unpaired) electrons. The highest BCUT2D eigenvalue weighted by atomic mass is 16.5. The highest BCUT2D eigenvalue weighted by Crippen LogP contribution is 2.23. The number of para-hydroxylation sites is 2. The molecule has 0 saturated carbocycles. The monoisotopic (exact) mass is 250 g/mol. The van der Waals surface area contributed by atoms with Gasteiger partial charge in [-0.1, -0.05) is 12.1 Å². The van der Waals surface area contributed by atoms with Gasteiger partial charge in [-0.3, -0.25) is 5.41 Å². The lowest BCUT2D eigenvalue weighted by atomic mass is 10.3. The summed E-state index contributed by atoms with van der Waals surface area (Å²) in [6, 6.07) is 6.88. The zero-order valence-electron chi connectivity index (χ0n) is 10.3. The second kappa shape index (κ2) is 7.16. The van der Waals surface area contributed by atoms with E-state index in [1.807, 2.05) is 12.1 Å². The standard InChI is InChI=1S/C12H18N4O2/c1-15-12(17)16-9-5-2-3-6-10(9)18-8-4-7-11(13)14/h2-3,5-6H,4,7-8H2,1H3,(H3,13,14)(H2,15,16,17). The number of hydrogen-bond acceptors (Lipinski definition) is 3. The molecule has 1 aromatic rings. The highest BCUT2D eigenvalue weighted by molar-refractivity contribution is 5.90. The van der Waals surface area contributed by atoms with Crippen molar-refractivity contribution in [3.63, 3.8) is 0 Å². The summed E-state index contributed by atoms with van der Waals surface area (Å²) in [7, 11) is 1.55. The number of urea groups is 1. The smallest absolute Gasteiger partial charge is 0.319 e. The first-order valence-electron chi connectivity index (χ1n) is 5.67. The topological polar surface area (TPSA) is 100 Å². The largest absolute Gasteiger partial charge is 0.491 e. The summed E-state index contributed by atoms with van der Waals surface area (Å²) in [5.74, 6) is 0.750. The van der Waals surface area contributed by atoms with E-state index in [0.29, 0.717) is 30.9 Å². The minimum Gasteiger partial charge on any atom is -0.491 e. The van der Waals surface area contributed by atoms with Crippen molar-refractivity contribution in [1.82, 2.24) is 5.32 Å². The Hall–Kier alpha value is -2.24. The summed E-state index contributed by atoms with van der Waals surface area (Å²) in [5.41, 5.74) is 5.86. The van der Waals surface area contributed by atoms with E-state index in [-0.39, 0.29) is 11.9 Å². The SMILES string of the molecule is CNC(=O)Nc1ccccc1OCCCC(=N)N. The number of carbonyl (C=O) groups excluding carboxylic acids is 1. The molecule has 0 fully saturated rings. The lowest BCUT2D eigenvalue weighted by molar-refractivity contribution is 0.253. The Morgan fingerprint density at radius 2 is 2.17 bits per heavy atom. The molecule has 0 aromatic heterocycles. The van der Waals surface area contributed by atoms with Gasteiger partial charge in [0, 0.05) is 13.5 Å². The highest BCUT2D eigenvalue weighted by Gasteiger charge is 2.05. The molecule has 1 aromatic carbocycles. The minimum absolute atomic E-state index is 0.148. The van der Waals surface area contributed by atoms with Gasteiger partial charge in [0.15, 0.2) is 0 Å². The van der Waals surface area contributed by atoms with Crippen LogP contribution in [0.25, 0.3) is 0 Å². The first-order valence-corrected chi connectivity index (χ1v) is 5.67. The first kappa shape index (κ1) is 13.8. The van der Waals surface area contributed by atoms with Crippen molar-refractivity contribution in [3.05, 3.63) is 24.3 Å². The molecule has 1 rings (SSSR count). The number of amidine groups is 1. The third kappa shape index (κ3) is 4.73. The number of benzene rings is 1. The molecule has 2 amide bonds. The molecule has 0 aliphatic carbocycles. The molecular weight excluding hydrogens is 232 g/mol. The van der Waals surface area contributed by atoms with Crippen LogP contribution in [0.1, 0.15) is 12.8 Å². The van der Waals surface area contributed by atoms with E-state index in [4.69, 9.17) is 15.9 Å². The molecule has 0 bridgehead atoms. The van der Waals surface area contributed by atoms with Gasteiger partial charge in [-0.05, 0) is 18.6 Å². The van der Waals surface area contributed by atoms with Crippen molar-refractivity contribution in [2.24, 2.45) is 5.73 Å². The second-order valence-corrected chi connectivity index (χ2v) is 3.68. The maximum atomic E-state index is 11.2. The van der Waals surface area contributed by atoms with Gasteiger partial charge in [-0.15, -0.1) is 0 Å². The van der Waals surface area contributed by atoms with Crippen molar-refractivity contribution in [2.45, 2.75) is 12.8 Å². The predicted octanol–water partition coefficient (Wildman–Crippen LogP) is 1.53. The molecule has 0 aliphatic rings. The molecule has 6 heteroatoms. The van der Waals surface area contributed by atoms with Crippen LogP contribution in [-0.2, 0) is 0 Å². The summed E-state index contributed by atoms with van der Waals surface area (Å²) in [6.45, 7) is 0.450. The maximum Gasteiger partial charge on any atom is 0.319 e. The Balaban J connectivity index is 2.53. The summed E-state index contributed by atoms with van der Waals surface area (Å²) in [6.07, 6.45) is 1.18. The average molecular weight is 250 g/mol. The summed E-state index contributed by atoms with van der Waals surface area (Å²) in [4.78, 5) is 11.2. The minimum atomic E-state index is -0.296. The Kier molecular flexibility index (Phi) is 5.50. The fourth-order valence-electron chi connectivity index (χ4n) is 1.33. The Bertz CT molecular complexity index is 420. The molecule has 98 valence electrons. The van der Waals surface area contributed by atoms with E-state index >= 15 is 0 Å².